The van der Waals surface area contributed by atoms with Gasteiger partial charge in [-0.1, -0.05) is 36.5 Å². The van der Waals surface area contributed by atoms with Crippen LogP contribution in [-0.2, 0) is 19.3 Å². The molecule has 0 radical (unpaired) electrons. The highest BCUT2D eigenvalue weighted by Crippen LogP contribution is 2.33. The molecule has 0 spiro atoms. The first-order valence-electron chi connectivity index (χ1n) is 10.2. The number of nitrogens with two attached hydrogens (primary N) is 1. The molecule has 0 aliphatic carbocycles. The van der Waals surface area contributed by atoms with Crippen LogP contribution in [0.15, 0.2) is 42.5 Å². The maximum atomic E-state index is 13.0. The SMILES string of the molecule is NC(=S)Cc1ccc2c(c1)N(C1CCN(CCc3ccc(F)cc3)CC1)CC2. The van der Waals surface area contributed by atoms with E-state index in [1.807, 2.05) is 12.1 Å². The quantitative estimate of drug-likeness (QED) is 0.753. The smallest absolute Gasteiger partial charge is 0.123 e. The molecule has 1 saturated heterocycles. The molecule has 3 nitrogen and oxygen atoms in total. The normalized spacial score (nSPS) is 17.7. The Morgan fingerprint density at radius 2 is 1.75 bits per heavy atom. The molecule has 2 aromatic rings. The summed E-state index contributed by atoms with van der Waals surface area (Å²) in [5.74, 6) is -0.160. The van der Waals surface area contributed by atoms with Gasteiger partial charge in [0.15, 0.2) is 0 Å². The maximum absolute atomic E-state index is 13.0. The zero-order valence-corrected chi connectivity index (χ0v) is 17.1. The minimum absolute atomic E-state index is 0.160. The van der Waals surface area contributed by atoms with Crippen LogP contribution in [0.3, 0.4) is 0 Å². The molecule has 5 heteroatoms. The zero-order chi connectivity index (χ0) is 19.5. The molecule has 0 atom stereocenters. The van der Waals surface area contributed by atoms with Crippen LogP contribution in [0.1, 0.15) is 29.5 Å². The van der Waals surface area contributed by atoms with Crippen LogP contribution in [0.4, 0.5) is 10.1 Å². The summed E-state index contributed by atoms with van der Waals surface area (Å²) in [6, 6.07) is 14.2. The average Bonchev–Trinajstić information content (AvgIpc) is 3.11. The fourth-order valence-electron chi connectivity index (χ4n) is 4.53. The summed E-state index contributed by atoms with van der Waals surface area (Å²) in [6.45, 7) is 4.42. The van der Waals surface area contributed by atoms with Gasteiger partial charge in [0.2, 0.25) is 0 Å². The number of halogens is 1. The van der Waals surface area contributed by atoms with E-state index in [0.29, 0.717) is 17.5 Å². The predicted molar refractivity (Wildman–Crippen MR) is 118 cm³/mol. The van der Waals surface area contributed by atoms with Crippen LogP contribution in [0.25, 0.3) is 0 Å². The number of hydrogen-bond acceptors (Lipinski definition) is 3. The Labute approximate surface area is 172 Å². The molecule has 0 bridgehead atoms. The highest BCUT2D eigenvalue weighted by Gasteiger charge is 2.29. The van der Waals surface area contributed by atoms with Gasteiger partial charge >= 0.3 is 0 Å². The highest BCUT2D eigenvalue weighted by molar-refractivity contribution is 7.80. The summed E-state index contributed by atoms with van der Waals surface area (Å²) in [5.41, 5.74) is 11.0. The van der Waals surface area contributed by atoms with Gasteiger partial charge in [0.25, 0.3) is 0 Å². The minimum Gasteiger partial charge on any atom is -0.393 e. The molecule has 28 heavy (non-hydrogen) atoms. The van der Waals surface area contributed by atoms with E-state index in [9.17, 15) is 4.39 Å². The number of anilines is 1. The maximum Gasteiger partial charge on any atom is 0.123 e. The van der Waals surface area contributed by atoms with Crippen molar-refractivity contribution in [3.8, 4) is 0 Å². The molecule has 0 unspecified atom stereocenters. The zero-order valence-electron chi connectivity index (χ0n) is 16.2. The third-order valence-electron chi connectivity index (χ3n) is 6.09. The van der Waals surface area contributed by atoms with E-state index in [4.69, 9.17) is 18.0 Å². The standard InChI is InChI=1S/C23H28FN3S/c24-20-5-2-17(3-6-20)7-11-26-12-9-21(10-13-26)27-14-8-19-4-1-18(15-22(19)27)16-23(25)28/h1-6,15,21H,7-14,16H2,(H2,25,28). The lowest BCUT2D eigenvalue weighted by molar-refractivity contribution is 0.212. The lowest BCUT2D eigenvalue weighted by Crippen LogP contribution is -2.45. The van der Waals surface area contributed by atoms with Crippen molar-refractivity contribution in [2.24, 2.45) is 5.73 Å². The Kier molecular flexibility index (Phi) is 5.93. The Balaban J connectivity index is 1.32. The summed E-state index contributed by atoms with van der Waals surface area (Å²) in [4.78, 5) is 5.70. The second-order valence-electron chi connectivity index (χ2n) is 8.00. The predicted octanol–water partition coefficient (Wildman–Crippen LogP) is 3.72. The molecular weight excluding hydrogens is 369 g/mol. The third kappa shape index (κ3) is 4.53. The summed E-state index contributed by atoms with van der Waals surface area (Å²) in [6.07, 6.45) is 5.19. The Morgan fingerprint density at radius 3 is 2.46 bits per heavy atom. The van der Waals surface area contributed by atoms with Gasteiger partial charge in [-0.3, -0.25) is 0 Å². The molecule has 2 heterocycles. The fourth-order valence-corrected chi connectivity index (χ4v) is 4.70. The van der Waals surface area contributed by atoms with Crippen LogP contribution in [-0.4, -0.2) is 42.1 Å². The molecule has 2 aliphatic heterocycles. The third-order valence-corrected chi connectivity index (χ3v) is 6.23. The number of fused-ring (bicyclic) bond motifs is 1. The number of likely N-dealkylation sites (tertiary alicyclic amines) is 1. The molecule has 1 fully saturated rings. The van der Waals surface area contributed by atoms with Crippen LogP contribution in [0.5, 0.6) is 0 Å². The molecule has 2 N–H and O–H groups in total. The van der Waals surface area contributed by atoms with Crippen molar-refractivity contribution >= 4 is 22.9 Å². The monoisotopic (exact) mass is 397 g/mol. The number of hydrogen-bond donors (Lipinski definition) is 1. The van der Waals surface area contributed by atoms with Gasteiger partial charge in [0.05, 0.1) is 4.99 Å². The van der Waals surface area contributed by atoms with Crippen LogP contribution in [0, 0.1) is 5.82 Å². The van der Waals surface area contributed by atoms with Crippen molar-refractivity contribution in [1.29, 1.82) is 0 Å². The molecule has 148 valence electrons. The van der Waals surface area contributed by atoms with E-state index in [-0.39, 0.29) is 5.82 Å². The molecule has 4 rings (SSSR count). The van der Waals surface area contributed by atoms with Gasteiger partial charge in [0, 0.05) is 44.3 Å². The highest BCUT2D eigenvalue weighted by atomic mass is 32.1. The van der Waals surface area contributed by atoms with Gasteiger partial charge in [-0.15, -0.1) is 0 Å². The van der Waals surface area contributed by atoms with E-state index < -0.39 is 0 Å². The minimum atomic E-state index is -0.160. The van der Waals surface area contributed by atoms with Crippen LogP contribution < -0.4 is 10.6 Å². The first-order chi connectivity index (χ1) is 13.6. The summed E-state index contributed by atoms with van der Waals surface area (Å²) >= 11 is 5.08. The van der Waals surface area contributed by atoms with Crippen molar-refractivity contribution in [3.63, 3.8) is 0 Å². The summed E-state index contributed by atoms with van der Waals surface area (Å²) in [5, 5.41) is 0. The van der Waals surface area contributed by atoms with Gasteiger partial charge in [-0.25, -0.2) is 4.39 Å². The van der Waals surface area contributed by atoms with Gasteiger partial charge in [0.1, 0.15) is 5.82 Å². The second-order valence-corrected chi connectivity index (χ2v) is 8.52. The fraction of sp³-hybridized carbons (Fsp3) is 0.435. The molecule has 0 saturated carbocycles. The first-order valence-corrected chi connectivity index (χ1v) is 10.6. The van der Waals surface area contributed by atoms with Crippen LogP contribution >= 0.6 is 12.2 Å². The van der Waals surface area contributed by atoms with Gasteiger partial charge in [-0.05, 0) is 60.6 Å². The van der Waals surface area contributed by atoms with Gasteiger partial charge < -0.3 is 15.5 Å². The van der Waals surface area contributed by atoms with Crippen molar-refractivity contribution in [2.75, 3.05) is 31.1 Å². The second kappa shape index (κ2) is 8.58. The van der Waals surface area contributed by atoms with E-state index in [2.05, 4.69) is 28.0 Å². The Morgan fingerprint density at radius 1 is 1.04 bits per heavy atom. The Hall–Kier alpha value is -1.98. The van der Waals surface area contributed by atoms with Gasteiger partial charge in [-0.2, -0.15) is 0 Å². The van der Waals surface area contributed by atoms with Crippen molar-refractivity contribution in [3.05, 3.63) is 65.0 Å². The number of nitrogens with zero attached hydrogens (tertiary/aromatic N) is 2. The van der Waals surface area contributed by atoms with Crippen molar-refractivity contribution < 1.29 is 4.39 Å². The van der Waals surface area contributed by atoms with Crippen molar-refractivity contribution in [2.45, 2.75) is 38.1 Å². The Bertz CT molecular complexity index is 828. The summed E-state index contributed by atoms with van der Waals surface area (Å²) < 4.78 is 13.0. The van der Waals surface area contributed by atoms with E-state index in [0.717, 1.165) is 39.0 Å². The van der Waals surface area contributed by atoms with Crippen molar-refractivity contribution in [1.82, 2.24) is 4.90 Å². The first kappa shape index (κ1) is 19.3. The average molecular weight is 398 g/mol. The van der Waals surface area contributed by atoms with Crippen LogP contribution in [0.2, 0.25) is 0 Å². The molecular formula is C23H28FN3S. The molecule has 0 aromatic heterocycles. The largest absolute Gasteiger partial charge is 0.393 e. The molecule has 2 aliphatic rings. The number of rotatable bonds is 6. The van der Waals surface area contributed by atoms with E-state index in [1.165, 1.54) is 35.2 Å². The number of thiocarbonyl (C=S) groups is 1. The van der Waals surface area contributed by atoms with E-state index >= 15 is 0 Å². The lowest BCUT2D eigenvalue weighted by Gasteiger charge is -2.38. The van der Waals surface area contributed by atoms with E-state index in [1.54, 1.807) is 12.1 Å². The molecule has 0 amide bonds. The molecule has 2 aromatic carbocycles. The topological polar surface area (TPSA) is 32.5 Å². The number of piperidine rings is 1. The number of benzene rings is 2. The summed E-state index contributed by atoms with van der Waals surface area (Å²) in [7, 11) is 0. The lowest BCUT2D eigenvalue weighted by atomic mass is 10.0.